The third-order valence-electron chi connectivity index (χ3n) is 5.98. The van der Waals surface area contributed by atoms with Crippen LogP contribution in [-0.2, 0) is 9.59 Å². The molecule has 2 amide bonds. The first kappa shape index (κ1) is 25.4. The quantitative estimate of drug-likeness (QED) is 0.491. The molecule has 0 bridgehead atoms. The van der Waals surface area contributed by atoms with E-state index in [4.69, 9.17) is 4.74 Å². The molecule has 0 saturated carbocycles. The number of ether oxygens (including phenoxy) is 1. The minimum absolute atomic E-state index is 0.0817. The van der Waals surface area contributed by atoms with E-state index < -0.39 is 5.41 Å². The third kappa shape index (κ3) is 5.11. The van der Waals surface area contributed by atoms with E-state index in [2.05, 4.69) is 10.3 Å². The van der Waals surface area contributed by atoms with Gasteiger partial charge in [0.25, 0.3) is 0 Å². The van der Waals surface area contributed by atoms with Gasteiger partial charge in [0.1, 0.15) is 10.6 Å². The summed E-state index contributed by atoms with van der Waals surface area (Å²) in [4.78, 5) is 47.9. The number of anilines is 3. The second-order valence-electron chi connectivity index (χ2n) is 9.73. The lowest BCUT2D eigenvalue weighted by molar-refractivity contribution is -0.123. The third-order valence-corrected chi connectivity index (χ3v) is 7.07. The Kier molecular flexibility index (Phi) is 7.12. The second-order valence-corrected chi connectivity index (χ2v) is 10.7. The van der Waals surface area contributed by atoms with Crippen LogP contribution in [0.25, 0.3) is 0 Å². The number of aromatic nitrogens is 1. The number of hydrogen-bond donors (Lipinski definition) is 1. The molecule has 3 aromatic rings. The smallest absolute Gasteiger partial charge is 0.246 e. The fourth-order valence-electron chi connectivity index (χ4n) is 3.88. The molecular weight excluding hydrogens is 476 g/mol. The molecule has 1 aliphatic heterocycles. The zero-order valence-corrected chi connectivity index (χ0v) is 21.9. The van der Waals surface area contributed by atoms with Crippen molar-refractivity contribution in [2.75, 3.05) is 35.3 Å². The van der Waals surface area contributed by atoms with Crippen molar-refractivity contribution >= 4 is 45.6 Å². The van der Waals surface area contributed by atoms with Gasteiger partial charge < -0.3 is 19.9 Å². The van der Waals surface area contributed by atoms with Crippen LogP contribution in [0.3, 0.4) is 0 Å². The fraction of sp³-hybridized carbons (Fsp3) is 0.333. The van der Waals surface area contributed by atoms with Gasteiger partial charge in [-0.15, -0.1) is 0 Å². The minimum Gasteiger partial charge on any atom is -0.495 e. The molecule has 0 aliphatic carbocycles. The standard InChI is InChI=1S/C27H30N4O4S/c1-17-15-31(19-13-9-10-14-20(19)35-5)21(32)16-30(17)26-29-24(28-25(34)27(2,3)4)23(36-26)22(33)18-11-7-6-8-12-18/h6-14,17H,15-16H2,1-5H3,(H,28,34). The van der Waals surface area contributed by atoms with Crippen LogP contribution in [-0.4, -0.2) is 48.8 Å². The number of carbonyl (C=O) groups is 3. The molecule has 2 aromatic carbocycles. The van der Waals surface area contributed by atoms with Crippen LogP contribution in [0, 0.1) is 5.41 Å². The van der Waals surface area contributed by atoms with Crippen molar-refractivity contribution in [1.29, 1.82) is 0 Å². The van der Waals surface area contributed by atoms with Crippen molar-refractivity contribution in [3.8, 4) is 5.75 Å². The lowest BCUT2D eigenvalue weighted by Crippen LogP contribution is -2.55. The topological polar surface area (TPSA) is 91.8 Å². The normalized spacial score (nSPS) is 16.1. The Morgan fingerprint density at radius 1 is 1.08 bits per heavy atom. The fourth-order valence-corrected chi connectivity index (χ4v) is 4.96. The van der Waals surface area contributed by atoms with Crippen molar-refractivity contribution < 1.29 is 19.1 Å². The van der Waals surface area contributed by atoms with Gasteiger partial charge in [-0.3, -0.25) is 14.4 Å². The molecule has 1 fully saturated rings. The number of amides is 2. The molecule has 8 nitrogen and oxygen atoms in total. The van der Waals surface area contributed by atoms with Crippen molar-refractivity contribution in [2.45, 2.75) is 33.7 Å². The number of benzene rings is 2. The van der Waals surface area contributed by atoms with Crippen molar-refractivity contribution in [3.05, 3.63) is 65.0 Å². The highest BCUT2D eigenvalue weighted by Crippen LogP contribution is 2.36. The van der Waals surface area contributed by atoms with Gasteiger partial charge >= 0.3 is 0 Å². The molecule has 0 radical (unpaired) electrons. The van der Waals surface area contributed by atoms with E-state index in [9.17, 15) is 14.4 Å². The predicted molar refractivity (Wildman–Crippen MR) is 142 cm³/mol. The Hall–Kier alpha value is -3.72. The Bertz CT molecular complexity index is 1280. The molecular formula is C27H30N4O4S. The molecule has 36 heavy (non-hydrogen) atoms. The van der Waals surface area contributed by atoms with Crippen LogP contribution in [0.2, 0.25) is 0 Å². The number of ketones is 1. The average molecular weight is 507 g/mol. The Morgan fingerprint density at radius 2 is 1.75 bits per heavy atom. The zero-order chi connectivity index (χ0) is 26.0. The van der Waals surface area contributed by atoms with Crippen molar-refractivity contribution in [2.24, 2.45) is 5.41 Å². The van der Waals surface area contributed by atoms with Crippen LogP contribution >= 0.6 is 11.3 Å². The first-order valence-corrected chi connectivity index (χ1v) is 12.5. The van der Waals surface area contributed by atoms with Crippen LogP contribution in [0.5, 0.6) is 5.75 Å². The van der Waals surface area contributed by atoms with E-state index in [0.717, 1.165) is 0 Å². The summed E-state index contributed by atoms with van der Waals surface area (Å²) in [5, 5.41) is 3.35. The highest BCUT2D eigenvalue weighted by Gasteiger charge is 2.35. The highest BCUT2D eigenvalue weighted by atomic mass is 32.1. The molecule has 1 aromatic heterocycles. The number of nitrogens with zero attached hydrogens (tertiary/aromatic N) is 3. The summed E-state index contributed by atoms with van der Waals surface area (Å²) in [6.45, 7) is 7.90. The number of thiazole rings is 1. The molecule has 1 atom stereocenters. The Balaban J connectivity index is 1.66. The van der Waals surface area contributed by atoms with E-state index in [-0.39, 0.29) is 36.0 Å². The largest absolute Gasteiger partial charge is 0.495 e. The summed E-state index contributed by atoms with van der Waals surface area (Å²) >= 11 is 1.19. The number of piperazine rings is 1. The van der Waals surface area contributed by atoms with Gasteiger partial charge in [0.05, 0.1) is 19.3 Å². The van der Waals surface area contributed by atoms with Gasteiger partial charge in [-0.05, 0) is 19.1 Å². The van der Waals surface area contributed by atoms with Crippen LogP contribution < -0.4 is 19.9 Å². The molecule has 1 unspecified atom stereocenters. The summed E-state index contributed by atoms with van der Waals surface area (Å²) in [6.07, 6.45) is 0. The van der Waals surface area contributed by atoms with Gasteiger partial charge in [-0.1, -0.05) is 74.6 Å². The SMILES string of the molecule is COc1ccccc1N1CC(C)N(c2nc(NC(=O)C(C)(C)C)c(C(=O)c3ccccc3)s2)CC1=O. The van der Waals surface area contributed by atoms with Gasteiger partial charge in [0.15, 0.2) is 10.9 Å². The Morgan fingerprint density at radius 3 is 2.42 bits per heavy atom. The van der Waals surface area contributed by atoms with Crippen molar-refractivity contribution in [3.63, 3.8) is 0 Å². The number of nitrogens with one attached hydrogen (secondary N) is 1. The van der Waals surface area contributed by atoms with Crippen LogP contribution in [0.4, 0.5) is 16.6 Å². The van der Waals surface area contributed by atoms with E-state index in [1.165, 1.54) is 11.3 Å². The summed E-state index contributed by atoms with van der Waals surface area (Å²) in [7, 11) is 1.58. The molecule has 188 valence electrons. The Labute approximate surface area is 214 Å². The number of rotatable bonds is 6. The lowest BCUT2D eigenvalue weighted by Gasteiger charge is -2.39. The van der Waals surface area contributed by atoms with Gasteiger partial charge in [-0.25, -0.2) is 4.98 Å². The second kappa shape index (κ2) is 10.1. The summed E-state index contributed by atoms with van der Waals surface area (Å²) in [6, 6.07) is 16.2. The first-order valence-electron chi connectivity index (χ1n) is 11.7. The maximum Gasteiger partial charge on any atom is 0.246 e. The molecule has 0 spiro atoms. The number of methoxy groups -OCH3 is 1. The average Bonchev–Trinajstić information content (AvgIpc) is 3.28. The van der Waals surface area contributed by atoms with Gasteiger partial charge in [-0.2, -0.15) is 0 Å². The maximum absolute atomic E-state index is 13.4. The predicted octanol–water partition coefficient (Wildman–Crippen LogP) is 4.61. The van der Waals surface area contributed by atoms with Crippen molar-refractivity contribution in [1.82, 2.24) is 4.98 Å². The number of hydrogen-bond acceptors (Lipinski definition) is 7. The molecule has 1 aliphatic rings. The zero-order valence-electron chi connectivity index (χ0n) is 21.1. The highest BCUT2D eigenvalue weighted by molar-refractivity contribution is 7.18. The molecule has 2 heterocycles. The summed E-state index contributed by atoms with van der Waals surface area (Å²) < 4.78 is 5.45. The molecule has 1 saturated heterocycles. The van der Waals surface area contributed by atoms with E-state index in [0.29, 0.717) is 33.6 Å². The summed E-state index contributed by atoms with van der Waals surface area (Å²) in [5.41, 5.74) is 0.554. The summed E-state index contributed by atoms with van der Waals surface area (Å²) in [5.74, 6) is 0.269. The van der Waals surface area contributed by atoms with Gasteiger partial charge in [0, 0.05) is 23.6 Å². The minimum atomic E-state index is -0.666. The van der Waals surface area contributed by atoms with Crippen LogP contribution in [0.1, 0.15) is 42.9 Å². The molecule has 4 rings (SSSR count). The van der Waals surface area contributed by atoms with E-state index in [1.807, 2.05) is 42.2 Å². The van der Waals surface area contributed by atoms with E-state index in [1.54, 1.807) is 57.0 Å². The molecule has 9 heteroatoms. The number of carbonyl (C=O) groups excluding carboxylic acids is 3. The first-order chi connectivity index (χ1) is 17.1. The lowest BCUT2D eigenvalue weighted by atomic mass is 9.96. The van der Waals surface area contributed by atoms with Crippen LogP contribution in [0.15, 0.2) is 54.6 Å². The monoisotopic (exact) mass is 506 g/mol. The maximum atomic E-state index is 13.4. The van der Waals surface area contributed by atoms with E-state index >= 15 is 0 Å². The number of para-hydroxylation sites is 2. The van der Waals surface area contributed by atoms with Gasteiger partial charge in [0.2, 0.25) is 17.6 Å². The molecule has 1 N–H and O–H groups in total.